The highest BCUT2D eigenvalue weighted by atomic mass is 14.2. The van der Waals surface area contributed by atoms with Crippen molar-refractivity contribution in [3.05, 3.63) is 182 Å². The van der Waals surface area contributed by atoms with Gasteiger partial charge in [-0.25, -0.2) is 0 Å². The predicted octanol–water partition coefficient (Wildman–Crippen LogP) is 13.0. The predicted molar refractivity (Wildman–Crippen MR) is 198 cm³/mol. The Bertz CT molecular complexity index is 2500. The van der Waals surface area contributed by atoms with Crippen LogP contribution in [-0.2, 0) is 0 Å². The molecule has 0 aliphatic heterocycles. The van der Waals surface area contributed by atoms with Gasteiger partial charge >= 0.3 is 0 Å². The van der Waals surface area contributed by atoms with Gasteiger partial charge in [-0.15, -0.1) is 0 Å². The SMILES string of the molecule is c1ccc(-c2c(-c3ccc4ccccc4c3)ccc3ccc(-c4c5ccccc5c(-c5ccccc5)c5ccccc45)cc23)cc1. The molecule has 0 N–H and O–H groups in total. The third kappa shape index (κ3) is 4.30. The molecule has 0 unspecified atom stereocenters. The highest BCUT2D eigenvalue weighted by molar-refractivity contribution is 6.22. The van der Waals surface area contributed by atoms with Crippen LogP contribution < -0.4 is 0 Å². The van der Waals surface area contributed by atoms with E-state index in [1.54, 1.807) is 0 Å². The molecule has 0 aliphatic rings. The van der Waals surface area contributed by atoms with Gasteiger partial charge < -0.3 is 0 Å². The second-order valence-corrected chi connectivity index (χ2v) is 12.1. The van der Waals surface area contributed by atoms with Crippen molar-refractivity contribution in [1.82, 2.24) is 0 Å². The highest BCUT2D eigenvalue weighted by Gasteiger charge is 2.18. The van der Waals surface area contributed by atoms with Crippen LogP contribution in [0.3, 0.4) is 0 Å². The lowest BCUT2D eigenvalue weighted by molar-refractivity contribution is 1.62. The fourth-order valence-corrected chi connectivity index (χ4v) is 7.34. The topological polar surface area (TPSA) is 0 Å². The Morgan fingerprint density at radius 1 is 0.217 bits per heavy atom. The van der Waals surface area contributed by atoms with E-state index in [2.05, 4.69) is 182 Å². The van der Waals surface area contributed by atoms with Gasteiger partial charge in [0, 0.05) is 0 Å². The maximum absolute atomic E-state index is 2.43. The van der Waals surface area contributed by atoms with Crippen LogP contribution in [0.5, 0.6) is 0 Å². The molecule has 0 bridgehead atoms. The van der Waals surface area contributed by atoms with Crippen molar-refractivity contribution in [2.45, 2.75) is 0 Å². The van der Waals surface area contributed by atoms with Gasteiger partial charge in [-0.05, 0) is 99.7 Å². The van der Waals surface area contributed by atoms with E-state index >= 15 is 0 Å². The van der Waals surface area contributed by atoms with Gasteiger partial charge in [0.2, 0.25) is 0 Å². The van der Waals surface area contributed by atoms with Gasteiger partial charge in [-0.3, -0.25) is 0 Å². The summed E-state index contributed by atoms with van der Waals surface area (Å²) < 4.78 is 0. The van der Waals surface area contributed by atoms with Crippen molar-refractivity contribution in [2.75, 3.05) is 0 Å². The molecule has 0 heteroatoms. The zero-order valence-electron chi connectivity index (χ0n) is 25.3. The third-order valence-corrected chi connectivity index (χ3v) is 9.43. The summed E-state index contributed by atoms with van der Waals surface area (Å²) in [6.07, 6.45) is 0. The molecule has 46 heavy (non-hydrogen) atoms. The molecule has 0 radical (unpaired) electrons. The van der Waals surface area contributed by atoms with Gasteiger partial charge in [-0.1, -0.05) is 170 Å². The Hall–Kier alpha value is -5.98. The van der Waals surface area contributed by atoms with E-state index in [0.717, 1.165) is 0 Å². The number of fused-ring (bicyclic) bond motifs is 4. The Labute approximate surface area is 268 Å². The third-order valence-electron chi connectivity index (χ3n) is 9.43. The molecule has 0 aromatic heterocycles. The minimum atomic E-state index is 1.22. The minimum absolute atomic E-state index is 1.22. The van der Waals surface area contributed by atoms with E-state index in [1.165, 1.54) is 87.6 Å². The normalized spacial score (nSPS) is 11.5. The van der Waals surface area contributed by atoms with Gasteiger partial charge in [0.25, 0.3) is 0 Å². The van der Waals surface area contributed by atoms with Crippen molar-refractivity contribution in [3.8, 4) is 44.5 Å². The first-order chi connectivity index (χ1) is 22.8. The van der Waals surface area contributed by atoms with Gasteiger partial charge in [0.15, 0.2) is 0 Å². The van der Waals surface area contributed by atoms with E-state index < -0.39 is 0 Å². The molecule has 214 valence electrons. The molecule has 0 aliphatic carbocycles. The lowest BCUT2D eigenvalue weighted by Crippen LogP contribution is -1.92. The summed E-state index contributed by atoms with van der Waals surface area (Å²) in [6.45, 7) is 0. The number of rotatable bonds is 4. The Morgan fingerprint density at radius 3 is 1.30 bits per heavy atom. The molecule has 0 saturated heterocycles. The molecule has 9 rings (SSSR count). The second-order valence-electron chi connectivity index (χ2n) is 12.1. The number of hydrogen-bond acceptors (Lipinski definition) is 0. The smallest absolute Gasteiger partial charge is 0.00261 e. The summed E-state index contributed by atoms with van der Waals surface area (Å²) in [6, 6.07) is 66.6. The lowest BCUT2D eigenvalue weighted by Gasteiger charge is -2.19. The number of hydrogen-bond donors (Lipinski definition) is 0. The van der Waals surface area contributed by atoms with E-state index in [9.17, 15) is 0 Å². The lowest BCUT2D eigenvalue weighted by atomic mass is 9.84. The van der Waals surface area contributed by atoms with E-state index in [-0.39, 0.29) is 0 Å². The first-order valence-corrected chi connectivity index (χ1v) is 15.9. The second kappa shape index (κ2) is 10.9. The molecular formula is C46H30. The van der Waals surface area contributed by atoms with Gasteiger partial charge in [0.05, 0.1) is 0 Å². The maximum Gasteiger partial charge on any atom is -0.00261 e. The summed E-state index contributed by atoms with van der Waals surface area (Å²) in [7, 11) is 0. The summed E-state index contributed by atoms with van der Waals surface area (Å²) >= 11 is 0. The fourth-order valence-electron chi connectivity index (χ4n) is 7.34. The van der Waals surface area contributed by atoms with Crippen LogP contribution in [-0.4, -0.2) is 0 Å². The van der Waals surface area contributed by atoms with Crippen molar-refractivity contribution in [2.24, 2.45) is 0 Å². The van der Waals surface area contributed by atoms with Gasteiger partial charge in [-0.2, -0.15) is 0 Å². The highest BCUT2D eigenvalue weighted by Crippen LogP contribution is 2.46. The molecule has 0 amide bonds. The monoisotopic (exact) mass is 582 g/mol. The molecule has 0 heterocycles. The van der Waals surface area contributed by atoms with Crippen LogP contribution in [0, 0.1) is 0 Å². The molecular weight excluding hydrogens is 553 g/mol. The average Bonchev–Trinajstić information content (AvgIpc) is 3.13. The largest absolute Gasteiger partial charge is 0.0622 e. The minimum Gasteiger partial charge on any atom is -0.0622 e. The van der Waals surface area contributed by atoms with Gasteiger partial charge in [0.1, 0.15) is 0 Å². The van der Waals surface area contributed by atoms with E-state index in [0.29, 0.717) is 0 Å². The Morgan fingerprint density at radius 2 is 0.674 bits per heavy atom. The summed E-state index contributed by atoms with van der Waals surface area (Å²) in [5.74, 6) is 0. The first kappa shape index (κ1) is 26.4. The first-order valence-electron chi connectivity index (χ1n) is 15.9. The van der Waals surface area contributed by atoms with E-state index in [4.69, 9.17) is 0 Å². The standard InChI is InChI=1S/C46H30/c1-3-14-33(15-4-1)44-38(36-25-23-31-13-7-8-18-35(31)29-36)28-27-32-24-26-37(30-43(32)44)46-41-21-11-9-19-39(41)45(34-16-5-2-6-17-34)40-20-10-12-22-42(40)46/h1-30H. The average molecular weight is 583 g/mol. The quantitative estimate of drug-likeness (QED) is 0.181. The van der Waals surface area contributed by atoms with Crippen molar-refractivity contribution >= 4 is 43.1 Å². The van der Waals surface area contributed by atoms with E-state index in [1.807, 2.05) is 0 Å². The molecule has 0 nitrogen and oxygen atoms in total. The van der Waals surface area contributed by atoms with Crippen LogP contribution in [0.1, 0.15) is 0 Å². The summed E-state index contributed by atoms with van der Waals surface area (Å²) in [5, 5.41) is 10.1. The molecule has 0 fully saturated rings. The van der Waals surface area contributed by atoms with Crippen molar-refractivity contribution in [3.63, 3.8) is 0 Å². The fraction of sp³-hybridized carbons (Fsp3) is 0. The van der Waals surface area contributed by atoms with Crippen LogP contribution in [0.15, 0.2) is 182 Å². The molecule has 0 spiro atoms. The Kier molecular flexibility index (Phi) is 6.25. The Balaban J connectivity index is 1.36. The summed E-state index contributed by atoms with van der Waals surface area (Å²) in [5.41, 5.74) is 10.0. The van der Waals surface area contributed by atoms with Crippen LogP contribution in [0.25, 0.3) is 87.6 Å². The van der Waals surface area contributed by atoms with Crippen molar-refractivity contribution in [1.29, 1.82) is 0 Å². The molecule has 0 atom stereocenters. The number of benzene rings is 9. The molecule has 9 aromatic carbocycles. The zero-order valence-corrected chi connectivity index (χ0v) is 25.3. The van der Waals surface area contributed by atoms with Crippen molar-refractivity contribution < 1.29 is 0 Å². The molecule has 0 saturated carbocycles. The summed E-state index contributed by atoms with van der Waals surface area (Å²) in [4.78, 5) is 0. The van der Waals surface area contributed by atoms with Crippen LogP contribution in [0.4, 0.5) is 0 Å². The maximum atomic E-state index is 2.43. The zero-order chi connectivity index (χ0) is 30.5. The molecule has 9 aromatic rings. The van der Waals surface area contributed by atoms with Crippen LogP contribution >= 0.6 is 0 Å². The van der Waals surface area contributed by atoms with Crippen LogP contribution in [0.2, 0.25) is 0 Å².